The number of pyridine rings is 1. The molecule has 2 amide bonds. The van der Waals surface area contributed by atoms with Gasteiger partial charge in [-0.1, -0.05) is 6.07 Å². The molecule has 6 rings (SSSR count). The number of fused-ring (bicyclic) bond motifs is 2. The van der Waals surface area contributed by atoms with E-state index in [0.29, 0.717) is 6.54 Å². The van der Waals surface area contributed by atoms with Gasteiger partial charge in [-0.25, -0.2) is 4.98 Å². The molecule has 4 heterocycles. The number of rotatable bonds is 4. The van der Waals surface area contributed by atoms with Crippen molar-refractivity contribution in [1.29, 1.82) is 0 Å². The number of anilines is 2. The van der Waals surface area contributed by atoms with Crippen molar-refractivity contribution in [3.05, 3.63) is 83.7 Å². The molecule has 2 aliphatic heterocycles. The van der Waals surface area contributed by atoms with Crippen LogP contribution < -0.4 is 10.6 Å². The Labute approximate surface area is 197 Å². The van der Waals surface area contributed by atoms with Crippen LogP contribution in [0.2, 0.25) is 0 Å². The van der Waals surface area contributed by atoms with E-state index in [4.69, 9.17) is 0 Å². The first-order valence-electron chi connectivity index (χ1n) is 11.7. The first-order chi connectivity index (χ1) is 16.7. The van der Waals surface area contributed by atoms with Gasteiger partial charge in [0.05, 0.1) is 11.4 Å². The lowest BCUT2D eigenvalue weighted by atomic mass is 10.0. The molecule has 2 aliphatic rings. The number of likely N-dealkylation sites (tertiary alicyclic amines) is 1. The van der Waals surface area contributed by atoms with E-state index >= 15 is 0 Å². The van der Waals surface area contributed by atoms with E-state index < -0.39 is 0 Å². The summed E-state index contributed by atoms with van der Waals surface area (Å²) in [6.45, 7) is 2.26. The molecule has 2 aromatic heterocycles. The maximum absolute atomic E-state index is 12.7. The predicted octanol–water partition coefficient (Wildman–Crippen LogP) is 4.61. The van der Waals surface area contributed by atoms with Crippen LogP contribution >= 0.6 is 0 Å². The van der Waals surface area contributed by atoms with Gasteiger partial charge in [-0.15, -0.1) is 0 Å². The van der Waals surface area contributed by atoms with Crippen LogP contribution in [0, 0.1) is 0 Å². The quantitative estimate of drug-likeness (QED) is 0.475. The van der Waals surface area contributed by atoms with Gasteiger partial charge in [0, 0.05) is 48.8 Å². The Kier molecular flexibility index (Phi) is 5.02. The SMILES string of the molecule is O=C1NCc2cc(-c3ccc(Nc4ccc(C(=O)N5CCCCC5)cc4)c4nccn34)ccc21. The average molecular weight is 452 g/mol. The van der Waals surface area contributed by atoms with E-state index in [9.17, 15) is 9.59 Å². The van der Waals surface area contributed by atoms with Crippen LogP contribution in [-0.4, -0.2) is 39.2 Å². The second-order valence-electron chi connectivity index (χ2n) is 8.86. The van der Waals surface area contributed by atoms with Gasteiger partial charge in [0.25, 0.3) is 11.8 Å². The fraction of sp³-hybridized carbons (Fsp3) is 0.222. The Hall–Kier alpha value is -4.13. The van der Waals surface area contributed by atoms with Crippen molar-refractivity contribution in [3.63, 3.8) is 0 Å². The van der Waals surface area contributed by atoms with E-state index in [0.717, 1.165) is 70.9 Å². The van der Waals surface area contributed by atoms with E-state index in [2.05, 4.69) is 27.8 Å². The Balaban J connectivity index is 1.26. The van der Waals surface area contributed by atoms with E-state index in [1.165, 1.54) is 6.42 Å². The van der Waals surface area contributed by atoms with Crippen LogP contribution in [0.5, 0.6) is 0 Å². The van der Waals surface area contributed by atoms with Crippen molar-refractivity contribution in [1.82, 2.24) is 19.6 Å². The minimum Gasteiger partial charge on any atom is -0.352 e. The van der Waals surface area contributed by atoms with Gasteiger partial charge in [-0.2, -0.15) is 0 Å². The Bertz CT molecular complexity index is 1400. The Morgan fingerprint density at radius 3 is 2.62 bits per heavy atom. The summed E-state index contributed by atoms with van der Waals surface area (Å²) in [6.07, 6.45) is 7.09. The molecule has 34 heavy (non-hydrogen) atoms. The van der Waals surface area contributed by atoms with Crippen molar-refractivity contribution in [2.45, 2.75) is 25.8 Å². The Morgan fingerprint density at radius 1 is 0.971 bits per heavy atom. The minimum absolute atomic E-state index is 0.0162. The lowest BCUT2D eigenvalue weighted by Crippen LogP contribution is -2.35. The summed E-state index contributed by atoms with van der Waals surface area (Å²) in [4.78, 5) is 31.1. The summed E-state index contributed by atoms with van der Waals surface area (Å²) in [6, 6.07) is 17.6. The van der Waals surface area contributed by atoms with Gasteiger partial charge in [-0.3, -0.25) is 14.0 Å². The zero-order chi connectivity index (χ0) is 23.1. The Morgan fingerprint density at radius 2 is 1.79 bits per heavy atom. The molecule has 7 nitrogen and oxygen atoms in total. The zero-order valence-electron chi connectivity index (χ0n) is 18.8. The summed E-state index contributed by atoms with van der Waals surface area (Å²) in [7, 11) is 0. The van der Waals surface area contributed by atoms with Crippen LogP contribution in [0.15, 0.2) is 67.0 Å². The lowest BCUT2D eigenvalue weighted by Gasteiger charge is -2.26. The van der Waals surface area contributed by atoms with Crippen LogP contribution in [-0.2, 0) is 6.54 Å². The molecule has 0 atom stereocenters. The highest BCUT2D eigenvalue weighted by Gasteiger charge is 2.20. The van der Waals surface area contributed by atoms with E-state index in [1.54, 1.807) is 6.20 Å². The monoisotopic (exact) mass is 451 g/mol. The molecule has 0 spiro atoms. The van der Waals surface area contributed by atoms with Crippen molar-refractivity contribution in [2.75, 3.05) is 18.4 Å². The summed E-state index contributed by atoms with van der Waals surface area (Å²) in [5.74, 6) is 0.0926. The van der Waals surface area contributed by atoms with Gasteiger partial charge in [0.1, 0.15) is 0 Å². The highest BCUT2D eigenvalue weighted by Crippen LogP contribution is 2.30. The second-order valence-corrected chi connectivity index (χ2v) is 8.86. The molecule has 4 aromatic rings. The highest BCUT2D eigenvalue weighted by molar-refractivity contribution is 5.99. The largest absolute Gasteiger partial charge is 0.352 e. The average Bonchev–Trinajstić information content (AvgIpc) is 3.52. The standard InChI is InChI=1S/C27H25N5O2/c33-26-22-9-6-19(16-20(22)17-29-26)24-11-10-23(25-28-12-15-32(24)25)30-21-7-4-18(5-8-21)27(34)31-13-2-1-3-14-31/h4-12,15-16,30H,1-3,13-14,17H2,(H,29,33). The number of carbonyl (C=O) groups excluding carboxylic acids is 2. The predicted molar refractivity (Wildman–Crippen MR) is 131 cm³/mol. The number of hydrogen-bond acceptors (Lipinski definition) is 4. The molecule has 7 heteroatoms. The molecular weight excluding hydrogens is 426 g/mol. The molecule has 1 saturated heterocycles. The molecule has 170 valence electrons. The lowest BCUT2D eigenvalue weighted by molar-refractivity contribution is 0.0724. The number of benzene rings is 2. The van der Waals surface area contributed by atoms with Gasteiger partial charge < -0.3 is 15.5 Å². The van der Waals surface area contributed by atoms with E-state index in [1.807, 2.05) is 58.0 Å². The van der Waals surface area contributed by atoms with Crippen molar-refractivity contribution < 1.29 is 9.59 Å². The number of piperidine rings is 1. The van der Waals surface area contributed by atoms with Gasteiger partial charge in [-0.05, 0) is 78.9 Å². The minimum atomic E-state index is -0.0162. The number of amides is 2. The number of nitrogens with one attached hydrogen (secondary N) is 2. The van der Waals surface area contributed by atoms with Gasteiger partial charge in [0.15, 0.2) is 5.65 Å². The molecule has 2 N–H and O–H groups in total. The number of aromatic nitrogens is 2. The molecular formula is C27H25N5O2. The molecule has 0 aliphatic carbocycles. The number of carbonyl (C=O) groups is 2. The van der Waals surface area contributed by atoms with Crippen molar-refractivity contribution in [2.24, 2.45) is 0 Å². The first kappa shape index (κ1) is 20.5. The second kappa shape index (κ2) is 8.33. The molecule has 2 aromatic carbocycles. The van der Waals surface area contributed by atoms with Crippen LogP contribution in [0.1, 0.15) is 45.5 Å². The smallest absolute Gasteiger partial charge is 0.253 e. The van der Waals surface area contributed by atoms with Gasteiger partial charge >= 0.3 is 0 Å². The summed E-state index contributed by atoms with van der Waals surface area (Å²) < 4.78 is 2.04. The van der Waals surface area contributed by atoms with Crippen molar-refractivity contribution >= 4 is 28.8 Å². The fourth-order valence-corrected chi connectivity index (χ4v) is 4.87. The topological polar surface area (TPSA) is 78.7 Å². The summed E-state index contributed by atoms with van der Waals surface area (Å²) in [5.41, 5.74) is 7.09. The van der Waals surface area contributed by atoms with Crippen LogP contribution in [0.25, 0.3) is 16.9 Å². The number of imidazole rings is 1. The fourth-order valence-electron chi connectivity index (χ4n) is 4.87. The number of nitrogens with zero attached hydrogens (tertiary/aromatic N) is 3. The molecule has 1 fully saturated rings. The van der Waals surface area contributed by atoms with Crippen molar-refractivity contribution in [3.8, 4) is 11.3 Å². The maximum atomic E-state index is 12.7. The third kappa shape index (κ3) is 3.59. The van der Waals surface area contributed by atoms with Gasteiger partial charge in [0.2, 0.25) is 0 Å². The number of hydrogen-bond donors (Lipinski definition) is 2. The summed E-state index contributed by atoms with van der Waals surface area (Å²) in [5, 5.41) is 6.31. The third-order valence-electron chi connectivity index (χ3n) is 6.69. The van der Waals surface area contributed by atoms with Crippen LogP contribution in [0.4, 0.5) is 11.4 Å². The molecule has 0 radical (unpaired) electrons. The summed E-state index contributed by atoms with van der Waals surface area (Å²) >= 11 is 0. The molecule has 0 bridgehead atoms. The zero-order valence-corrected chi connectivity index (χ0v) is 18.8. The maximum Gasteiger partial charge on any atom is 0.253 e. The molecule has 0 saturated carbocycles. The first-order valence-corrected chi connectivity index (χ1v) is 11.7. The van der Waals surface area contributed by atoms with E-state index in [-0.39, 0.29) is 11.8 Å². The normalized spacial score (nSPS) is 15.3. The highest BCUT2D eigenvalue weighted by atomic mass is 16.2. The third-order valence-corrected chi connectivity index (χ3v) is 6.69. The van der Waals surface area contributed by atoms with Crippen LogP contribution in [0.3, 0.4) is 0 Å². The molecule has 0 unspecified atom stereocenters.